The Kier molecular flexibility index (Phi) is 6.58. The molecule has 0 bridgehead atoms. The van der Waals surface area contributed by atoms with E-state index < -0.39 is 17.7 Å². The van der Waals surface area contributed by atoms with E-state index in [1.54, 1.807) is 29.2 Å². The minimum absolute atomic E-state index is 0.163. The van der Waals surface area contributed by atoms with Crippen molar-refractivity contribution in [2.24, 2.45) is 0 Å². The molecule has 0 spiro atoms. The fraction of sp³-hybridized carbons (Fsp3) is 0.273. The van der Waals surface area contributed by atoms with Crippen molar-refractivity contribution in [3.8, 4) is 16.9 Å². The third kappa shape index (κ3) is 4.85. The van der Waals surface area contributed by atoms with Crippen LogP contribution in [-0.2, 0) is 22.5 Å². The molecule has 208 valence electrons. The molecule has 0 aliphatic carbocycles. The van der Waals surface area contributed by atoms with Gasteiger partial charge in [-0.15, -0.1) is 0 Å². The lowest BCUT2D eigenvalue weighted by Crippen LogP contribution is -2.28. The third-order valence-corrected chi connectivity index (χ3v) is 7.40. The van der Waals surface area contributed by atoms with Gasteiger partial charge in [0.15, 0.2) is 6.10 Å². The molecule has 2 aromatic carbocycles. The van der Waals surface area contributed by atoms with Crippen LogP contribution in [-0.4, -0.2) is 37.8 Å². The molecule has 0 fully saturated rings. The van der Waals surface area contributed by atoms with E-state index >= 15 is 0 Å². The molecule has 1 N–H and O–H groups in total. The van der Waals surface area contributed by atoms with Gasteiger partial charge < -0.3 is 19.1 Å². The SMILES string of the molecule is Cc1cc2c(ccc(=O)n2Cc2cccnc2)c(-c2ccc3c4c(ccnc24)CCO3)c1[C@H](OC(C)(C)C)C(=O)O. The summed E-state index contributed by atoms with van der Waals surface area (Å²) in [5.41, 5.74) is 5.20. The monoisotopic (exact) mass is 549 g/mol. The molecule has 1 aliphatic rings. The van der Waals surface area contributed by atoms with Crippen molar-refractivity contribution in [3.05, 3.63) is 99.7 Å². The molecular weight excluding hydrogens is 518 g/mol. The van der Waals surface area contributed by atoms with E-state index in [-0.39, 0.29) is 5.56 Å². The summed E-state index contributed by atoms with van der Waals surface area (Å²) in [5, 5.41) is 12.1. The Morgan fingerprint density at radius 1 is 1.15 bits per heavy atom. The number of nitrogens with zero attached hydrogens (tertiary/aromatic N) is 3. The number of carboxylic acids is 1. The number of ether oxygens (including phenoxy) is 2. The van der Waals surface area contributed by atoms with Crippen LogP contribution in [0.1, 0.15) is 49.1 Å². The zero-order chi connectivity index (χ0) is 28.9. The number of benzene rings is 2. The lowest BCUT2D eigenvalue weighted by Gasteiger charge is -2.29. The molecule has 8 nitrogen and oxygen atoms in total. The smallest absolute Gasteiger partial charge is 0.337 e. The maximum absolute atomic E-state index is 13.3. The summed E-state index contributed by atoms with van der Waals surface area (Å²) in [5.74, 6) is -0.336. The number of rotatable bonds is 6. The summed E-state index contributed by atoms with van der Waals surface area (Å²) in [7, 11) is 0. The van der Waals surface area contributed by atoms with Crippen molar-refractivity contribution in [1.29, 1.82) is 0 Å². The molecule has 0 unspecified atom stereocenters. The van der Waals surface area contributed by atoms with Crippen LogP contribution >= 0.6 is 0 Å². The van der Waals surface area contributed by atoms with E-state index in [1.165, 1.54) is 6.07 Å². The maximum Gasteiger partial charge on any atom is 0.337 e. The minimum Gasteiger partial charge on any atom is -0.493 e. The first-order valence-electron chi connectivity index (χ1n) is 13.6. The maximum atomic E-state index is 13.3. The number of aromatic nitrogens is 3. The average Bonchev–Trinajstić information content (AvgIpc) is 2.94. The Balaban J connectivity index is 1.73. The lowest BCUT2D eigenvalue weighted by molar-refractivity contribution is -0.160. The van der Waals surface area contributed by atoms with Crippen LogP contribution in [0.5, 0.6) is 5.75 Å². The number of hydrogen-bond acceptors (Lipinski definition) is 6. The summed E-state index contributed by atoms with van der Waals surface area (Å²) < 4.78 is 13.9. The molecule has 0 saturated carbocycles. The van der Waals surface area contributed by atoms with Crippen molar-refractivity contribution in [1.82, 2.24) is 14.5 Å². The second-order valence-corrected chi connectivity index (χ2v) is 11.4. The zero-order valence-electron chi connectivity index (χ0n) is 23.5. The highest BCUT2D eigenvalue weighted by Crippen LogP contribution is 2.45. The van der Waals surface area contributed by atoms with Crippen molar-refractivity contribution >= 4 is 27.8 Å². The van der Waals surface area contributed by atoms with Crippen molar-refractivity contribution < 1.29 is 19.4 Å². The average molecular weight is 550 g/mol. The van der Waals surface area contributed by atoms with Crippen LogP contribution in [0.15, 0.2) is 71.9 Å². The lowest BCUT2D eigenvalue weighted by atomic mass is 9.86. The zero-order valence-corrected chi connectivity index (χ0v) is 23.5. The van der Waals surface area contributed by atoms with E-state index in [0.29, 0.717) is 35.4 Å². The second kappa shape index (κ2) is 10.1. The number of aryl methyl sites for hydroxylation is 1. The van der Waals surface area contributed by atoms with Gasteiger partial charge in [-0.2, -0.15) is 0 Å². The van der Waals surface area contributed by atoms with E-state index in [4.69, 9.17) is 14.5 Å². The van der Waals surface area contributed by atoms with Crippen LogP contribution in [0.25, 0.3) is 32.9 Å². The van der Waals surface area contributed by atoms with E-state index in [1.807, 2.05) is 64.1 Å². The number of fused-ring (bicyclic) bond motifs is 1. The Morgan fingerprint density at radius 2 is 1.98 bits per heavy atom. The second-order valence-electron chi connectivity index (χ2n) is 11.4. The van der Waals surface area contributed by atoms with Gasteiger partial charge in [0.2, 0.25) is 0 Å². The van der Waals surface area contributed by atoms with Gasteiger partial charge in [0, 0.05) is 53.0 Å². The predicted octanol–water partition coefficient (Wildman–Crippen LogP) is 5.84. The quantitative estimate of drug-likeness (QED) is 0.284. The molecule has 6 rings (SSSR count). The van der Waals surface area contributed by atoms with Gasteiger partial charge in [-0.05, 0) is 86.3 Å². The van der Waals surface area contributed by atoms with Gasteiger partial charge >= 0.3 is 5.97 Å². The highest BCUT2D eigenvalue weighted by Gasteiger charge is 2.33. The van der Waals surface area contributed by atoms with E-state index in [0.717, 1.165) is 45.1 Å². The molecule has 0 radical (unpaired) electrons. The number of hydrogen-bond donors (Lipinski definition) is 1. The normalized spacial score (nSPS) is 13.8. The molecule has 1 aliphatic heterocycles. The number of carbonyl (C=O) groups is 1. The fourth-order valence-electron chi connectivity index (χ4n) is 5.74. The Morgan fingerprint density at radius 3 is 2.71 bits per heavy atom. The van der Waals surface area contributed by atoms with Crippen LogP contribution in [0.2, 0.25) is 0 Å². The van der Waals surface area contributed by atoms with Gasteiger partial charge in [-0.1, -0.05) is 6.07 Å². The molecule has 3 aromatic heterocycles. The summed E-state index contributed by atoms with van der Waals surface area (Å²) in [4.78, 5) is 35.1. The Hall–Kier alpha value is -4.56. The van der Waals surface area contributed by atoms with Crippen molar-refractivity contribution in [3.63, 3.8) is 0 Å². The summed E-state index contributed by atoms with van der Waals surface area (Å²) in [6.07, 6.45) is 4.72. The standard InChI is InChI=1S/C33H31N3O5/c1-19-16-24-22(8-10-26(37)36(24)18-20-6-5-13-34-17-20)29(27(19)31(32(38)39)41-33(2,3)4)23-7-9-25-28-21(12-15-40-25)11-14-35-30(23)28/h5-11,13-14,16-17,31H,12,15,18H2,1-4H3,(H,38,39)/t31-/m0/s1. The molecule has 0 saturated heterocycles. The topological polar surface area (TPSA) is 104 Å². The first-order chi connectivity index (χ1) is 19.6. The minimum atomic E-state index is -1.25. The van der Waals surface area contributed by atoms with Crippen LogP contribution in [0.3, 0.4) is 0 Å². The highest BCUT2D eigenvalue weighted by molar-refractivity contribution is 6.08. The Bertz CT molecular complexity index is 1860. The Labute approximate surface area is 237 Å². The van der Waals surface area contributed by atoms with Gasteiger partial charge in [0.1, 0.15) is 5.75 Å². The third-order valence-electron chi connectivity index (χ3n) is 7.40. The van der Waals surface area contributed by atoms with Gasteiger partial charge in [-0.3, -0.25) is 14.8 Å². The molecular formula is C33H31N3O5. The fourth-order valence-corrected chi connectivity index (χ4v) is 5.74. The van der Waals surface area contributed by atoms with Crippen LogP contribution in [0.4, 0.5) is 0 Å². The summed E-state index contributed by atoms with van der Waals surface area (Å²) in [6.45, 7) is 8.29. The van der Waals surface area contributed by atoms with Crippen molar-refractivity contribution in [2.75, 3.05) is 6.61 Å². The summed E-state index contributed by atoms with van der Waals surface area (Å²) in [6, 6.07) is 14.8. The van der Waals surface area contributed by atoms with Gasteiger partial charge in [-0.25, -0.2) is 4.79 Å². The van der Waals surface area contributed by atoms with Gasteiger partial charge in [0.05, 0.1) is 29.8 Å². The van der Waals surface area contributed by atoms with E-state index in [2.05, 4.69) is 4.98 Å². The first kappa shape index (κ1) is 26.7. The first-order valence-corrected chi connectivity index (χ1v) is 13.6. The van der Waals surface area contributed by atoms with Crippen molar-refractivity contribution in [2.45, 2.75) is 52.4 Å². The molecule has 4 heterocycles. The molecule has 5 aromatic rings. The largest absolute Gasteiger partial charge is 0.493 e. The molecule has 41 heavy (non-hydrogen) atoms. The predicted molar refractivity (Wildman–Crippen MR) is 157 cm³/mol. The summed E-state index contributed by atoms with van der Waals surface area (Å²) >= 11 is 0. The molecule has 0 amide bonds. The van der Waals surface area contributed by atoms with E-state index in [9.17, 15) is 14.7 Å². The van der Waals surface area contributed by atoms with Crippen LogP contribution < -0.4 is 10.3 Å². The number of pyridine rings is 3. The number of carboxylic acid groups (broad SMARTS) is 1. The number of aliphatic carboxylic acids is 1. The molecule has 1 atom stereocenters. The highest BCUT2D eigenvalue weighted by atomic mass is 16.5. The molecule has 8 heteroatoms. The van der Waals surface area contributed by atoms with Crippen LogP contribution in [0, 0.1) is 6.92 Å². The van der Waals surface area contributed by atoms with Gasteiger partial charge in [0.25, 0.3) is 5.56 Å².